The molecule has 6 heteroatoms. The van der Waals surface area contributed by atoms with Gasteiger partial charge in [0, 0.05) is 19.1 Å². The summed E-state index contributed by atoms with van der Waals surface area (Å²) in [7, 11) is 1.60. The highest BCUT2D eigenvalue weighted by Crippen LogP contribution is 2.25. The molecule has 2 rings (SSSR count). The van der Waals surface area contributed by atoms with Gasteiger partial charge in [-0.05, 0) is 18.6 Å². The molecule has 5 nitrogen and oxygen atoms in total. The largest absolute Gasteiger partial charge is 0.493 e. The van der Waals surface area contributed by atoms with Gasteiger partial charge in [0.2, 0.25) is 5.91 Å². The number of methoxy groups -OCH3 is 1. The number of likely N-dealkylation sites (tertiary alicyclic amines) is 1. The van der Waals surface area contributed by atoms with Crippen LogP contribution in [0, 0.1) is 0 Å². The maximum atomic E-state index is 11.9. The zero-order valence-electron chi connectivity index (χ0n) is 11.6. The van der Waals surface area contributed by atoms with Crippen LogP contribution < -0.4 is 15.2 Å². The van der Waals surface area contributed by atoms with Crippen molar-refractivity contribution in [1.82, 2.24) is 4.90 Å². The van der Waals surface area contributed by atoms with Gasteiger partial charge in [0.25, 0.3) is 0 Å². The third-order valence-electron chi connectivity index (χ3n) is 3.22. The third kappa shape index (κ3) is 4.28. The molecule has 1 aliphatic rings. The van der Waals surface area contributed by atoms with E-state index < -0.39 is 0 Å². The molecule has 0 aliphatic carbocycles. The van der Waals surface area contributed by atoms with E-state index in [0.29, 0.717) is 31.1 Å². The summed E-state index contributed by atoms with van der Waals surface area (Å²) in [6, 6.07) is 7.53. The van der Waals surface area contributed by atoms with Crippen LogP contribution in [-0.2, 0) is 4.79 Å². The number of halogens is 1. The second kappa shape index (κ2) is 7.97. The maximum Gasteiger partial charge on any atom is 0.226 e. The zero-order chi connectivity index (χ0) is 13.7. The van der Waals surface area contributed by atoms with Gasteiger partial charge in [0.1, 0.15) is 0 Å². The van der Waals surface area contributed by atoms with E-state index in [1.54, 1.807) is 12.0 Å². The Morgan fingerprint density at radius 1 is 1.40 bits per heavy atom. The van der Waals surface area contributed by atoms with Gasteiger partial charge in [-0.1, -0.05) is 12.1 Å². The van der Waals surface area contributed by atoms with E-state index in [2.05, 4.69) is 0 Å². The summed E-state index contributed by atoms with van der Waals surface area (Å²) in [5.41, 5.74) is 5.78. The highest BCUT2D eigenvalue weighted by Gasteiger charge is 2.23. The van der Waals surface area contributed by atoms with Gasteiger partial charge in [0.15, 0.2) is 11.5 Å². The summed E-state index contributed by atoms with van der Waals surface area (Å²) < 4.78 is 10.8. The predicted octanol–water partition coefficient (Wildman–Crippen LogP) is 1.45. The summed E-state index contributed by atoms with van der Waals surface area (Å²) >= 11 is 0. The number of benzene rings is 1. The lowest BCUT2D eigenvalue weighted by Gasteiger charge is -2.16. The van der Waals surface area contributed by atoms with Crippen LogP contribution in [0.3, 0.4) is 0 Å². The average molecular weight is 301 g/mol. The Bertz CT molecular complexity index is 442. The number of carbonyl (C=O) groups is 1. The summed E-state index contributed by atoms with van der Waals surface area (Å²) in [5, 5.41) is 0. The molecule has 20 heavy (non-hydrogen) atoms. The van der Waals surface area contributed by atoms with E-state index in [4.69, 9.17) is 15.2 Å². The lowest BCUT2D eigenvalue weighted by Crippen LogP contribution is -2.32. The van der Waals surface area contributed by atoms with Crippen molar-refractivity contribution in [2.24, 2.45) is 5.73 Å². The highest BCUT2D eigenvalue weighted by atomic mass is 35.5. The first-order valence-corrected chi connectivity index (χ1v) is 6.50. The van der Waals surface area contributed by atoms with E-state index >= 15 is 0 Å². The fourth-order valence-electron chi connectivity index (χ4n) is 2.16. The monoisotopic (exact) mass is 300 g/mol. The summed E-state index contributed by atoms with van der Waals surface area (Å²) in [5.74, 6) is 1.44. The topological polar surface area (TPSA) is 64.8 Å². The Kier molecular flexibility index (Phi) is 6.61. The molecule has 1 atom stereocenters. The summed E-state index contributed by atoms with van der Waals surface area (Å²) in [4.78, 5) is 13.7. The van der Waals surface area contributed by atoms with Gasteiger partial charge in [-0.25, -0.2) is 0 Å². The smallest absolute Gasteiger partial charge is 0.226 e. The molecule has 1 aromatic rings. The molecule has 0 radical (unpaired) electrons. The number of carbonyl (C=O) groups excluding carboxylic acids is 1. The van der Waals surface area contributed by atoms with Crippen molar-refractivity contribution < 1.29 is 14.3 Å². The van der Waals surface area contributed by atoms with E-state index in [1.807, 2.05) is 24.3 Å². The van der Waals surface area contributed by atoms with Gasteiger partial charge in [-0.2, -0.15) is 0 Å². The van der Waals surface area contributed by atoms with Crippen molar-refractivity contribution >= 4 is 18.3 Å². The Hall–Kier alpha value is -1.46. The summed E-state index contributed by atoms with van der Waals surface area (Å²) in [6.45, 7) is 1.77. The predicted molar refractivity (Wildman–Crippen MR) is 79.5 cm³/mol. The summed E-state index contributed by atoms with van der Waals surface area (Å²) in [6.07, 6.45) is 1.25. The fraction of sp³-hybridized carbons (Fsp3) is 0.500. The molecular weight excluding hydrogens is 280 g/mol. The molecule has 2 N–H and O–H groups in total. The standard InChI is InChI=1S/C14H20N2O3.ClH/c1-18-12-4-2-3-5-13(12)19-9-7-14(17)16-8-6-11(15)10-16;/h2-5,11H,6-10,15H2,1H3;1H/t11-;/m1./s1. The van der Waals surface area contributed by atoms with Gasteiger partial charge in [-0.3, -0.25) is 4.79 Å². The average Bonchev–Trinajstić information content (AvgIpc) is 2.86. The molecule has 0 aromatic heterocycles. The van der Waals surface area contributed by atoms with Crippen molar-refractivity contribution in [2.75, 3.05) is 26.8 Å². The molecule has 1 fully saturated rings. The van der Waals surface area contributed by atoms with Crippen LogP contribution in [0.1, 0.15) is 12.8 Å². The van der Waals surface area contributed by atoms with Crippen LogP contribution in [0.25, 0.3) is 0 Å². The molecule has 0 saturated carbocycles. The minimum absolute atomic E-state index is 0. The Balaban J connectivity index is 0.00000200. The van der Waals surface area contributed by atoms with Crippen LogP contribution >= 0.6 is 12.4 Å². The first-order chi connectivity index (χ1) is 9.20. The minimum Gasteiger partial charge on any atom is -0.493 e. The number of rotatable bonds is 5. The van der Waals surface area contributed by atoms with Crippen LogP contribution in [0.4, 0.5) is 0 Å². The Morgan fingerprint density at radius 2 is 2.10 bits per heavy atom. The SMILES string of the molecule is COc1ccccc1OCCC(=O)N1CC[C@@H](N)C1.Cl. The van der Waals surface area contributed by atoms with Crippen molar-refractivity contribution in [3.63, 3.8) is 0 Å². The molecule has 1 heterocycles. The Labute approximate surface area is 125 Å². The van der Waals surface area contributed by atoms with Crippen LogP contribution in [0.5, 0.6) is 11.5 Å². The maximum absolute atomic E-state index is 11.9. The number of para-hydroxylation sites is 2. The number of amides is 1. The van der Waals surface area contributed by atoms with Gasteiger partial charge in [-0.15, -0.1) is 12.4 Å². The molecule has 0 spiro atoms. The van der Waals surface area contributed by atoms with Gasteiger partial charge < -0.3 is 20.1 Å². The lowest BCUT2D eigenvalue weighted by molar-refractivity contribution is -0.130. The molecule has 1 saturated heterocycles. The quantitative estimate of drug-likeness (QED) is 0.894. The van der Waals surface area contributed by atoms with Crippen LogP contribution in [0.2, 0.25) is 0 Å². The number of ether oxygens (including phenoxy) is 2. The normalized spacial score (nSPS) is 17.5. The fourth-order valence-corrected chi connectivity index (χ4v) is 2.16. The van der Waals surface area contributed by atoms with E-state index in [1.165, 1.54) is 0 Å². The number of nitrogens with two attached hydrogens (primary N) is 1. The van der Waals surface area contributed by atoms with Crippen LogP contribution in [-0.4, -0.2) is 43.7 Å². The van der Waals surface area contributed by atoms with Crippen molar-refractivity contribution in [1.29, 1.82) is 0 Å². The molecule has 0 unspecified atom stereocenters. The zero-order valence-corrected chi connectivity index (χ0v) is 12.4. The van der Waals surface area contributed by atoms with Crippen molar-refractivity contribution in [2.45, 2.75) is 18.9 Å². The van der Waals surface area contributed by atoms with Crippen molar-refractivity contribution in [3.05, 3.63) is 24.3 Å². The number of hydrogen-bond donors (Lipinski definition) is 1. The van der Waals surface area contributed by atoms with Gasteiger partial charge in [0.05, 0.1) is 20.1 Å². The highest BCUT2D eigenvalue weighted by molar-refractivity contribution is 5.85. The molecule has 1 aliphatic heterocycles. The minimum atomic E-state index is 0. The first kappa shape index (κ1) is 16.6. The second-order valence-electron chi connectivity index (χ2n) is 4.64. The van der Waals surface area contributed by atoms with E-state index in [0.717, 1.165) is 13.0 Å². The third-order valence-corrected chi connectivity index (χ3v) is 3.22. The van der Waals surface area contributed by atoms with E-state index in [9.17, 15) is 4.79 Å². The second-order valence-corrected chi connectivity index (χ2v) is 4.64. The Morgan fingerprint density at radius 3 is 2.70 bits per heavy atom. The molecule has 1 aromatic carbocycles. The van der Waals surface area contributed by atoms with Crippen molar-refractivity contribution in [3.8, 4) is 11.5 Å². The molecular formula is C14H21ClN2O3. The number of nitrogens with zero attached hydrogens (tertiary/aromatic N) is 1. The molecule has 0 bridgehead atoms. The lowest BCUT2D eigenvalue weighted by atomic mass is 10.3. The van der Waals surface area contributed by atoms with Crippen LogP contribution in [0.15, 0.2) is 24.3 Å². The molecule has 1 amide bonds. The van der Waals surface area contributed by atoms with E-state index in [-0.39, 0.29) is 24.4 Å². The first-order valence-electron chi connectivity index (χ1n) is 6.50. The number of hydrogen-bond acceptors (Lipinski definition) is 4. The molecule has 112 valence electrons. The van der Waals surface area contributed by atoms with Gasteiger partial charge >= 0.3 is 0 Å².